The zero-order valence-corrected chi connectivity index (χ0v) is 21.0. The van der Waals surface area contributed by atoms with E-state index in [1.54, 1.807) is 19.2 Å². The third kappa shape index (κ3) is 5.43. The lowest BCUT2D eigenvalue weighted by molar-refractivity contribution is -0.148. The maximum absolute atomic E-state index is 13.6. The van der Waals surface area contributed by atoms with Gasteiger partial charge in [0.15, 0.2) is 0 Å². The summed E-state index contributed by atoms with van der Waals surface area (Å²) in [6, 6.07) is 5.65. The summed E-state index contributed by atoms with van der Waals surface area (Å²) in [6.45, 7) is 4.90. The average Bonchev–Trinajstić information content (AvgIpc) is 2.89. The summed E-state index contributed by atoms with van der Waals surface area (Å²) in [5, 5.41) is 12.8. The highest BCUT2D eigenvalue weighted by molar-refractivity contribution is 6.02. The Morgan fingerprint density at radius 1 is 1.25 bits per heavy atom. The molecule has 1 unspecified atom stereocenters. The highest BCUT2D eigenvalue weighted by Crippen LogP contribution is 2.27. The van der Waals surface area contributed by atoms with Gasteiger partial charge in [-0.15, -0.1) is 0 Å². The molecule has 1 aliphatic carbocycles. The number of pyridine rings is 1. The van der Waals surface area contributed by atoms with E-state index in [9.17, 15) is 19.6 Å². The van der Waals surface area contributed by atoms with E-state index in [1.807, 2.05) is 24.0 Å². The van der Waals surface area contributed by atoms with E-state index in [0.717, 1.165) is 44.1 Å². The Balaban J connectivity index is 1.76. The second kappa shape index (κ2) is 11.4. The fraction of sp³-hybridized carbons (Fsp3) is 0.519. The molecular weight excluding hydrogens is 458 g/mol. The molecule has 3 heterocycles. The van der Waals surface area contributed by atoms with Crippen LogP contribution in [0.4, 0.5) is 5.82 Å². The fourth-order valence-corrected chi connectivity index (χ4v) is 5.09. The summed E-state index contributed by atoms with van der Waals surface area (Å²) in [5.41, 5.74) is 0.986. The number of nitrogens with one attached hydrogen (secondary N) is 1. The molecule has 1 atom stereocenters. The number of carbonyl (C=O) groups excluding carboxylic acids is 2. The van der Waals surface area contributed by atoms with Crippen molar-refractivity contribution in [2.75, 3.05) is 24.6 Å². The maximum atomic E-state index is 13.6. The van der Waals surface area contributed by atoms with Crippen LogP contribution in [0.5, 0.6) is 0 Å². The number of esters is 1. The van der Waals surface area contributed by atoms with E-state index in [0.29, 0.717) is 37.6 Å². The first-order chi connectivity index (χ1) is 17.4. The Labute approximate surface area is 210 Å². The summed E-state index contributed by atoms with van der Waals surface area (Å²) >= 11 is 0. The predicted octanol–water partition coefficient (Wildman–Crippen LogP) is 3.14. The minimum absolute atomic E-state index is 0.0355. The molecule has 4 rings (SSSR count). The fourth-order valence-electron chi connectivity index (χ4n) is 5.09. The molecule has 9 nitrogen and oxygen atoms in total. The number of anilines is 1. The van der Waals surface area contributed by atoms with Gasteiger partial charge < -0.3 is 15.0 Å². The van der Waals surface area contributed by atoms with Gasteiger partial charge in [-0.1, -0.05) is 25.3 Å². The van der Waals surface area contributed by atoms with Gasteiger partial charge in [-0.2, -0.15) is 5.26 Å². The molecule has 2 aromatic rings. The molecule has 36 heavy (non-hydrogen) atoms. The smallest absolute Gasteiger partial charge is 0.310 e. The first kappa shape index (κ1) is 25.4. The highest BCUT2D eigenvalue weighted by atomic mass is 16.5. The van der Waals surface area contributed by atoms with Crippen molar-refractivity contribution < 1.29 is 14.3 Å². The average molecular weight is 492 g/mol. The minimum atomic E-state index is -0.480. The van der Waals surface area contributed by atoms with E-state index in [4.69, 9.17) is 9.72 Å². The van der Waals surface area contributed by atoms with Gasteiger partial charge in [-0.3, -0.25) is 18.8 Å². The zero-order chi connectivity index (χ0) is 25.7. The van der Waals surface area contributed by atoms with Gasteiger partial charge in [0, 0.05) is 25.3 Å². The van der Waals surface area contributed by atoms with Crippen molar-refractivity contribution in [2.24, 2.45) is 5.92 Å². The Bertz CT molecular complexity index is 1270. The van der Waals surface area contributed by atoms with Crippen LogP contribution in [0.2, 0.25) is 0 Å². The second-order valence-electron chi connectivity index (χ2n) is 9.55. The molecule has 0 radical (unpaired) electrons. The van der Waals surface area contributed by atoms with Crippen LogP contribution < -0.4 is 15.8 Å². The van der Waals surface area contributed by atoms with Crippen molar-refractivity contribution in [3.63, 3.8) is 0 Å². The van der Waals surface area contributed by atoms with Crippen LogP contribution in [-0.2, 0) is 14.3 Å². The van der Waals surface area contributed by atoms with Crippen LogP contribution >= 0.6 is 0 Å². The van der Waals surface area contributed by atoms with Gasteiger partial charge in [0.05, 0.1) is 18.1 Å². The molecule has 0 bridgehead atoms. The minimum Gasteiger partial charge on any atom is -0.466 e. The Kier molecular flexibility index (Phi) is 8.04. The second-order valence-corrected chi connectivity index (χ2v) is 9.55. The van der Waals surface area contributed by atoms with Crippen molar-refractivity contribution in [1.82, 2.24) is 14.7 Å². The normalized spacial score (nSPS) is 19.1. The largest absolute Gasteiger partial charge is 0.466 e. The number of fused-ring (bicyclic) bond motifs is 1. The number of hydrogen-bond acceptors (Lipinski definition) is 7. The van der Waals surface area contributed by atoms with Gasteiger partial charge >= 0.3 is 5.97 Å². The molecule has 9 heteroatoms. The van der Waals surface area contributed by atoms with Crippen LogP contribution in [0.15, 0.2) is 28.7 Å². The molecule has 2 fully saturated rings. The number of aromatic nitrogens is 2. The van der Waals surface area contributed by atoms with Crippen LogP contribution in [0.1, 0.15) is 63.0 Å². The molecular formula is C27H33N5O4. The Hall–Kier alpha value is -3.67. The van der Waals surface area contributed by atoms with Crippen LogP contribution in [-0.4, -0.2) is 47.0 Å². The first-order valence-electron chi connectivity index (χ1n) is 12.8. The summed E-state index contributed by atoms with van der Waals surface area (Å²) in [6.07, 6.45) is 9.43. The monoisotopic (exact) mass is 491 g/mol. The maximum Gasteiger partial charge on any atom is 0.310 e. The summed E-state index contributed by atoms with van der Waals surface area (Å²) in [5.74, 6) is -0.705. The van der Waals surface area contributed by atoms with E-state index < -0.39 is 5.91 Å². The van der Waals surface area contributed by atoms with Crippen LogP contribution in [0, 0.1) is 24.2 Å². The van der Waals surface area contributed by atoms with E-state index in [1.165, 1.54) is 10.5 Å². The van der Waals surface area contributed by atoms with Gasteiger partial charge in [0.2, 0.25) is 0 Å². The van der Waals surface area contributed by atoms with Gasteiger partial charge in [-0.25, -0.2) is 4.98 Å². The molecule has 1 saturated heterocycles. The molecule has 1 amide bonds. The van der Waals surface area contributed by atoms with Gasteiger partial charge in [-0.05, 0) is 57.2 Å². The molecule has 1 N–H and O–H groups in total. The molecule has 0 spiro atoms. The SMILES string of the molecule is CCOC(=O)C1CCCN(c2nc3c(C)cccn3c(=O)c2C=C(C#N)C(=O)NC2CCCCC2)C1. The molecule has 1 saturated carbocycles. The van der Waals surface area contributed by atoms with Crippen molar-refractivity contribution in [3.05, 3.63) is 45.4 Å². The van der Waals surface area contributed by atoms with Crippen molar-refractivity contribution >= 4 is 29.4 Å². The van der Waals surface area contributed by atoms with Crippen molar-refractivity contribution in [1.29, 1.82) is 5.26 Å². The van der Waals surface area contributed by atoms with E-state index in [2.05, 4.69) is 5.32 Å². The number of carbonyl (C=O) groups is 2. The van der Waals surface area contributed by atoms with Crippen molar-refractivity contribution in [3.8, 4) is 6.07 Å². The van der Waals surface area contributed by atoms with Gasteiger partial charge in [0.1, 0.15) is 23.1 Å². The number of ether oxygens (including phenoxy) is 1. The summed E-state index contributed by atoms with van der Waals surface area (Å²) < 4.78 is 6.67. The quantitative estimate of drug-likeness (QED) is 0.375. The number of amides is 1. The summed E-state index contributed by atoms with van der Waals surface area (Å²) in [4.78, 5) is 45.8. The molecule has 2 aromatic heterocycles. The third-order valence-electron chi connectivity index (χ3n) is 7.00. The number of nitrogens with zero attached hydrogens (tertiary/aromatic N) is 4. The van der Waals surface area contributed by atoms with Crippen LogP contribution in [0.3, 0.4) is 0 Å². The Morgan fingerprint density at radius 2 is 2.03 bits per heavy atom. The predicted molar refractivity (Wildman–Crippen MR) is 136 cm³/mol. The first-order valence-corrected chi connectivity index (χ1v) is 12.8. The molecule has 2 aliphatic rings. The molecule has 1 aliphatic heterocycles. The standard InChI is InChI=1S/C27H33N5O4/c1-3-36-27(35)19-10-8-13-31(17-19)24-22(26(34)32-14-7-9-18(2)23(32)30-24)15-20(16-28)25(33)29-21-11-5-4-6-12-21/h7,9,14-15,19,21H,3-6,8,10-13,17H2,1-2H3,(H,29,33). The van der Waals surface area contributed by atoms with Gasteiger partial charge in [0.25, 0.3) is 11.5 Å². The lowest BCUT2D eigenvalue weighted by Gasteiger charge is -2.33. The number of hydrogen-bond donors (Lipinski definition) is 1. The summed E-state index contributed by atoms with van der Waals surface area (Å²) in [7, 11) is 0. The van der Waals surface area contributed by atoms with Crippen LogP contribution in [0.25, 0.3) is 11.7 Å². The molecule has 0 aromatic carbocycles. The highest BCUT2D eigenvalue weighted by Gasteiger charge is 2.30. The van der Waals surface area contributed by atoms with E-state index >= 15 is 0 Å². The van der Waals surface area contributed by atoms with Crippen molar-refractivity contribution in [2.45, 2.75) is 64.8 Å². The number of rotatable bonds is 6. The Morgan fingerprint density at radius 3 is 2.75 bits per heavy atom. The number of piperidine rings is 1. The number of aryl methyl sites for hydroxylation is 1. The lowest BCUT2D eigenvalue weighted by Crippen LogP contribution is -2.41. The van der Waals surface area contributed by atoms with E-state index in [-0.39, 0.29) is 34.6 Å². The number of nitriles is 1. The molecule has 190 valence electrons. The topological polar surface area (TPSA) is 117 Å². The third-order valence-corrected chi connectivity index (χ3v) is 7.00. The zero-order valence-electron chi connectivity index (χ0n) is 21.0. The lowest BCUT2D eigenvalue weighted by atomic mass is 9.95.